The Morgan fingerprint density at radius 3 is 2.14 bits per heavy atom. The van der Waals surface area contributed by atoms with E-state index < -0.39 is 0 Å². The second kappa shape index (κ2) is 9.74. The first-order valence-electron chi connectivity index (χ1n) is 9.94. The second-order valence-electron chi connectivity index (χ2n) is 7.14. The maximum absolute atomic E-state index is 12.6. The second-order valence-corrected chi connectivity index (χ2v) is 7.14. The van der Waals surface area contributed by atoms with Gasteiger partial charge in [0.25, 0.3) is 0 Å². The highest BCUT2D eigenvalue weighted by molar-refractivity contribution is 5.95. The number of carbonyl (C=O) groups excluding carboxylic acids is 2. The number of benzene rings is 2. The van der Waals surface area contributed by atoms with Crippen LogP contribution >= 0.6 is 0 Å². The lowest BCUT2D eigenvalue weighted by Crippen LogP contribution is -2.32. The SMILES string of the molecule is CCOc1ccc(NC(=O)C2CCC(C(=O)Nc3ccccc3C#N)CC2)cc1. The van der Waals surface area contributed by atoms with Crippen LogP contribution in [0.2, 0.25) is 0 Å². The van der Waals surface area contributed by atoms with E-state index >= 15 is 0 Å². The third-order valence-corrected chi connectivity index (χ3v) is 5.21. The van der Waals surface area contributed by atoms with Crippen molar-refractivity contribution in [2.24, 2.45) is 11.8 Å². The van der Waals surface area contributed by atoms with E-state index in [1.165, 1.54) is 0 Å². The van der Waals surface area contributed by atoms with Crippen molar-refractivity contribution < 1.29 is 14.3 Å². The van der Waals surface area contributed by atoms with Gasteiger partial charge in [0, 0.05) is 17.5 Å². The fourth-order valence-corrected chi connectivity index (χ4v) is 3.59. The van der Waals surface area contributed by atoms with Crippen LogP contribution < -0.4 is 15.4 Å². The Morgan fingerprint density at radius 2 is 1.55 bits per heavy atom. The molecule has 0 unspecified atom stereocenters. The first-order chi connectivity index (χ1) is 14.1. The van der Waals surface area contributed by atoms with E-state index in [4.69, 9.17) is 10.00 Å². The number of nitrogens with one attached hydrogen (secondary N) is 2. The fraction of sp³-hybridized carbons (Fsp3) is 0.348. The molecule has 29 heavy (non-hydrogen) atoms. The summed E-state index contributed by atoms with van der Waals surface area (Å²) in [6, 6.07) is 16.4. The Morgan fingerprint density at radius 1 is 0.966 bits per heavy atom. The van der Waals surface area contributed by atoms with Crippen molar-refractivity contribution in [3.63, 3.8) is 0 Å². The minimum Gasteiger partial charge on any atom is -0.494 e. The molecule has 0 radical (unpaired) electrons. The Hall–Kier alpha value is -3.33. The molecule has 1 saturated carbocycles. The minimum atomic E-state index is -0.142. The maximum Gasteiger partial charge on any atom is 0.227 e. The fourth-order valence-electron chi connectivity index (χ4n) is 3.59. The van der Waals surface area contributed by atoms with E-state index in [0.717, 1.165) is 11.4 Å². The molecule has 0 spiro atoms. The van der Waals surface area contributed by atoms with Gasteiger partial charge in [0.15, 0.2) is 0 Å². The zero-order chi connectivity index (χ0) is 20.6. The first-order valence-corrected chi connectivity index (χ1v) is 9.94. The summed E-state index contributed by atoms with van der Waals surface area (Å²) in [5, 5.41) is 15.0. The monoisotopic (exact) mass is 391 g/mol. The highest BCUT2D eigenvalue weighted by Crippen LogP contribution is 2.31. The van der Waals surface area contributed by atoms with Crippen molar-refractivity contribution in [1.29, 1.82) is 5.26 Å². The van der Waals surface area contributed by atoms with Crippen molar-refractivity contribution in [2.75, 3.05) is 17.2 Å². The lowest BCUT2D eigenvalue weighted by atomic mass is 9.81. The van der Waals surface area contributed by atoms with Crippen molar-refractivity contribution in [3.05, 3.63) is 54.1 Å². The standard InChI is InChI=1S/C23H25N3O3/c1-2-29-20-13-11-19(12-14-20)25-22(27)16-7-9-17(10-8-16)23(28)26-21-6-4-3-5-18(21)15-24/h3-6,11-14,16-17H,2,7-10H2,1H3,(H,25,27)(H,26,28). The average Bonchev–Trinajstić information content (AvgIpc) is 2.75. The van der Waals surface area contributed by atoms with Crippen LogP contribution in [-0.2, 0) is 9.59 Å². The Labute approximate surface area is 170 Å². The molecule has 2 aromatic rings. The number of rotatable bonds is 6. The number of hydrogen-bond acceptors (Lipinski definition) is 4. The third-order valence-electron chi connectivity index (χ3n) is 5.21. The number of para-hydroxylation sites is 1. The number of hydrogen-bond donors (Lipinski definition) is 2. The number of amides is 2. The van der Waals surface area contributed by atoms with Crippen molar-refractivity contribution in [2.45, 2.75) is 32.6 Å². The average molecular weight is 391 g/mol. The molecular formula is C23H25N3O3. The number of ether oxygens (including phenoxy) is 1. The van der Waals surface area contributed by atoms with Gasteiger partial charge in [-0.1, -0.05) is 12.1 Å². The maximum atomic E-state index is 12.6. The summed E-state index contributed by atoms with van der Waals surface area (Å²) in [5.41, 5.74) is 1.73. The topological polar surface area (TPSA) is 91.2 Å². The van der Waals surface area contributed by atoms with E-state index in [1.54, 1.807) is 24.3 Å². The van der Waals surface area contributed by atoms with Gasteiger partial charge in [-0.05, 0) is 69.0 Å². The largest absolute Gasteiger partial charge is 0.494 e. The van der Waals surface area contributed by atoms with Gasteiger partial charge in [0.1, 0.15) is 11.8 Å². The molecule has 2 N–H and O–H groups in total. The molecule has 1 aliphatic rings. The summed E-state index contributed by atoms with van der Waals surface area (Å²) in [6.45, 7) is 2.53. The number of anilines is 2. The van der Waals surface area contributed by atoms with Gasteiger partial charge >= 0.3 is 0 Å². The van der Waals surface area contributed by atoms with Gasteiger partial charge in [-0.2, -0.15) is 5.26 Å². The highest BCUT2D eigenvalue weighted by Gasteiger charge is 2.30. The predicted octanol–water partition coefficient (Wildman–Crippen LogP) is 4.34. The molecular weight excluding hydrogens is 366 g/mol. The Kier molecular flexibility index (Phi) is 6.85. The molecule has 3 rings (SSSR count). The molecule has 0 aliphatic heterocycles. The summed E-state index contributed by atoms with van der Waals surface area (Å²) in [7, 11) is 0. The van der Waals surface area contributed by atoms with Crippen molar-refractivity contribution in [3.8, 4) is 11.8 Å². The number of nitrogens with zero attached hydrogens (tertiary/aromatic N) is 1. The lowest BCUT2D eigenvalue weighted by molar-refractivity contribution is -0.125. The summed E-state index contributed by atoms with van der Waals surface area (Å²) in [4.78, 5) is 25.1. The molecule has 1 fully saturated rings. The van der Waals surface area contributed by atoms with Crippen LogP contribution in [0.4, 0.5) is 11.4 Å². The van der Waals surface area contributed by atoms with Crippen LogP contribution in [0.3, 0.4) is 0 Å². The molecule has 0 bridgehead atoms. The Balaban J connectivity index is 1.50. The molecule has 2 amide bonds. The van der Waals surface area contributed by atoms with Crippen LogP contribution in [0.25, 0.3) is 0 Å². The summed E-state index contributed by atoms with van der Waals surface area (Å²) >= 11 is 0. The van der Waals surface area contributed by atoms with Crippen LogP contribution in [0.1, 0.15) is 38.2 Å². The summed E-state index contributed by atoms with van der Waals surface area (Å²) in [5.74, 6) is 0.434. The van der Waals surface area contributed by atoms with E-state index in [-0.39, 0.29) is 23.7 Å². The first kappa shape index (κ1) is 20.4. The van der Waals surface area contributed by atoms with E-state index in [0.29, 0.717) is 43.5 Å². The van der Waals surface area contributed by atoms with Gasteiger partial charge in [-0.25, -0.2) is 0 Å². The molecule has 0 aromatic heterocycles. The molecule has 0 heterocycles. The molecule has 0 saturated heterocycles. The third kappa shape index (κ3) is 5.35. The molecule has 150 valence electrons. The predicted molar refractivity (Wildman–Crippen MR) is 111 cm³/mol. The zero-order valence-corrected chi connectivity index (χ0v) is 16.5. The lowest BCUT2D eigenvalue weighted by Gasteiger charge is -2.27. The van der Waals surface area contributed by atoms with Gasteiger partial charge < -0.3 is 15.4 Å². The smallest absolute Gasteiger partial charge is 0.227 e. The normalized spacial score (nSPS) is 18.3. The summed E-state index contributed by atoms with van der Waals surface area (Å²) in [6.07, 6.45) is 2.64. The number of carbonyl (C=O) groups is 2. The minimum absolute atomic E-state index is 0.0113. The zero-order valence-electron chi connectivity index (χ0n) is 16.5. The quantitative estimate of drug-likeness (QED) is 0.766. The van der Waals surface area contributed by atoms with Gasteiger partial charge in [0.2, 0.25) is 11.8 Å². The van der Waals surface area contributed by atoms with Crippen molar-refractivity contribution in [1.82, 2.24) is 0 Å². The van der Waals surface area contributed by atoms with E-state index in [1.807, 2.05) is 31.2 Å². The Bertz CT molecular complexity index is 894. The van der Waals surface area contributed by atoms with Gasteiger partial charge in [-0.3, -0.25) is 9.59 Å². The van der Waals surface area contributed by atoms with Crippen molar-refractivity contribution >= 4 is 23.2 Å². The van der Waals surface area contributed by atoms with Crippen LogP contribution in [0, 0.1) is 23.2 Å². The summed E-state index contributed by atoms with van der Waals surface area (Å²) < 4.78 is 5.41. The van der Waals surface area contributed by atoms with E-state index in [9.17, 15) is 9.59 Å². The number of nitriles is 1. The van der Waals surface area contributed by atoms with Crippen LogP contribution in [-0.4, -0.2) is 18.4 Å². The van der Waals surface area contributed by atoms with Crippen LogP contribution in [0.15, 0.2) is 48.5 Å². The van der Waals surface area contributed by atoms with Gasteiger partial charge in [-0.15, -0.1) is 0 Å². The van der Waals surface area contributed by atoms with E-state index in [2.05, 4.69) is 16.7 Å². The molecule has 0 atom stereocenters. The molecule has 1 aliphatic carbocycles. The molecule has 6 heteroatoms. The van der Waals surface area contributed by atoms with Crippen LogP contribution in [0.5, 0.6) is 5.75 Å². The molecule has 6 nitrogen and oxygen atoms in total. The van der Waals surface area contributed by atoms with Gasteiger partial charge in [0.05, 0.1) is 17.9 Å². The molecule has 2 aromatic carbocycles. The highest BCUT2D eigenvalue weighted by atomic mass is 16.5.